The molecule has 3 amide bonds. The van der Waals surface area contributed by atoms with E-state index in [-0.39, 0.29) is 17.7 Å². The van der Waals surface area contributed by atoms with Gasteiger partial charge in [-0.25, -0.2) is 9.69 Å². The maximum atomic E-state index is 12.7. The van der Waals surface area contributed by atoms with E-state index in [1.807, 2.05) is 19.9 Å². The van der Waals surface area contributed by atoms with Crippen LogP contribution in [0.3, 0.4) is 0 Å². The number of hydrogen-bond donors (Lipinski definition) is 3. The highest BCUT2D eigenvalue weighted by molar-refractivity contribution is 8.15. The molecule has 1 saturated heterocycles. The summed E-state index contributed by atoms with van der Waals surface area (Å²) >= 11 is 0.779. The molecule has 0 bridgehead atoms. The van der Waals surface area contributed by atoms with Crippen LogP contribution in [0.25, 0.3) is 0 Å². The summed E-state index contributed by atoms with van der Waals surface area (Å²) in [5.74, 6) is -2.79. The van der Waals surface area contributed by atoms with Crippen molar-refractivity contribution < 1.29 is 29.4 Å². The van der Waals surface area contributed by atoms with E-state index in [4.69, 9.17) is 5.11 Å². The molecule has 0 radical (unpaired) electrons. The maximum Gasteiger partial charge on any atom is 0.339 e. The van der Waals surface area contributed by atoms with Gasteiger partial charge in [0, 0.05) is 12.1 Å². The highest BCUT2D eigenvalue weighted by Gasteiger charge is 2.41. The van der Waals surface area contributed by atoms with Crippen LogP contribution in [0.15, 0.2) is 36.4 Å². The number of benzene rings is 2. The van der Waals surface area contributed by atoms with E-state index in [2.05, 4.69) is 5.32 Å². The molecule has 2 aromatic rings. The molecular formula is C20H18N2O6S. The molecule has 3 rings (SSSR count). The fourth-order valence-electron chi connectivity index (χ4n) is 2.85. The van der Waals surface area contributed by atoms with Crippen LogP contribution in [-0.4, -0.2) is 38.5 Å². The minimum absolute atomic E-state index is 0.165. The Labute approximate surface area is 170 Å². The summed E-state index contributed by atoms with van der Waals surface area (Å²) in [4.78, 5) is 49.5. The molecule has 0 saturated carbocycles. The maximum absolute atomic E-state index is 12.7. The number of aromatic hydroxyl groups is 1. The summed E-state index contributed by atoms with van der Waals surface area (Å²) in [6.45, 7) is 3.80. The van der Waals surface area contributed by atoms with Gasteiger partial charge in [-0.3, -0.25) is 14.4 Å². The Balaban J connectivity index is 1.71. The van der Waals surface area contributed by atoms with E-state index in [1.54, 1.807) is 12.1 Å². The minimum atomic E-state index is -1.34. The van der Waals surface area contributed by atoms with Crippen LogP contribution in [0, 0.1) is 13.8 Å². The van der Waals surface area contributed by atoms with Crippen molar-refractivity contribution in [2.75, 3.05) is 10.2 Å². The number of amides is 3. The smallest absolute Gasteiger partial charge is 0.339 e. The van der Waals surface area contributed by atoms with Crippen LogP contribution in [0.5, 0.6) is 5.75 Å². The molecule has 1 heterocycles. The van der Waals surface area contributed by atoms with E-state index in [1.165, 1.54) is 6.07 Å². The van der Waals surface area contributed by atoms with Gasteiger partial charge in [0.2, 0.25) is 11.8 Å². The number of carbonyl (C=O) groups excluding carboxylic acids is 3. The normalized spacial score (nSPS) is 16.2. The molecule has 1 atom stereocenters. The van der Waals surface area contributed by atoms with Gasteiger partial charge in [-0.05, 0) is 67.1 Å². The van der Waals surface area contributed by atoms with Crippen molar-refractivity contribution in [3.8, 4) is 5.75 Å². The minimum Gasteiger partial charge on any atom is -0.507 e. The van der Waals surface area contributed by atoms with Gasteiger partial charge in [0.1, 0.15) is 16.6 Å². The van der Waals surface area contributed by atoms with Gasteiger partial charge < -0.3 is 15.5 Å². The molecule has 1 unspecified atom stereocenters. The summed E-state index contributed by atoms with van der Waals surface area (Å²) in [6.07, 6.45) is -0.250. The first-order valence-electron chi connectivity index (χ1n) is 8.65. The molecule has 8 nitrogen and oxygen atoms in total. The van der Waals surface area contributed by atoms with Crippen LogP contribution >= 0.6 is 11.8 Å². The Morgan fingerprint density at radius 1 is 1.10 bits per heavy atom. The Kier molecular flexibility index (Phi) is 5.60. The number of nitrogens with one attached hydrogen (secondary N) is 1. The number of anilines is 2. The SMILES string of the molecule is Cc1ccc(N2C(=O)SC(CC(=O)Nc3ccc(O)c(C(=O)O)c3)C2=O)cc1C. The van der Waals surface area contributed by atoms with Crippen LogP contribution < -0.4 is 10.2 Å². The zero-order valence-corrected chi connectivity index (χ0v) is 16.4. The summed E-state index contributed by atoms with van der Waals surface area (Å²) in [5.41, 5.74) is 2.24. The monoisotopic (exact) mass is 414 g/mol. The number of aromatic carboxylic acids is 1. The zero-order chi connectivity index (χ0) is 21.3. The highest BCUT2D eigenvalue weighted by Crippen LogP contribution is 2.34. The van der Waals surface area contributed by atoms with Crippen LogP contribution in [0.2, 0.25) is 0 Å². The second-order valence-electron chi connectivity index (χ2n) is 6.60. The van der Waals surface area contributed by atoms with Crippen molar-refractivity contribution in [3.05, 3.63) is 53.1 Å². The average Bonchev–Trinajstić information content (AvgIpc) is 2.92. The van der Waals surface area contributed by atoms with E-state index in [0.717, 1.165) is 39.9 Å². The molecule has 3 N–H and O–H groups in total. The highest BCUT2D eigenvalue weighted by atomic mass is 32.2. The Morgan fingerprint density at radius 3 is 2.48 bits per heavy atom. The average molecular weight is 414 g/mol. The number of nitrogens with zero attached hydrogens (tertiary/aromatic N) is 1. The number of thioether (sulfide) groups is 1. The van der Waals surface area contributed by atoms with Crippen LogP contribution in [0.4, 0.5) is 16.2 Å². The number of rotatable bonds is 5. The van der Waals surface area contributed by atoms with Crippen molar-refractivity contribution >= 4 is 46.2 Å². The Morgan fingerprint density at radius 2 is 1.83 bits per heavy atom. The van der Waals surface area contributed by atoms with E-state index >= 15 is 0 Å². The van der Waals surface area contributed by atoms with Crippen LogP contribution in [-0.2, 0) is 9.59 Å². The first-order valence-corrected chi connectivity index (χ1v) is 9.53. The predicted molar refractivity (Wildman–Crippen MR) is 108 cm³/mol. The van der Waals surface area contributed by atoms with E-state index in [9.17, 15) is 24.3 Å². The Hall–Kier alpha value is -3.33. The summed E-state index contributed by atoms with van der Waals surface area (Å²) in [6, 6.07) is 8.87. The van der Waals surface area contributed by atoms with E-state index < -0.39 is 34.0 Å². The third-order valence-electron chi connectivity index (χ3n) is 4.55. The predicted octanol–water partition coefficient (Wildman–Crippen LogP) is 3.30. The lowest BCUT2D eigenvalue weighted by Crippen LogP contribution is -2.33. The molecule has 9 heteroatoms. The largest absolute Gasteiger partial charge is 0.507 e. The first kappa shape index (κ1) is 20.4. The van der Waals surface area contributed by atoms with E-state index in [0.29, 0.717) is 5.69 Å². The lowest BCUT2D eigenvalue weighted by molar-refractivity contribution is -0.121. The number of carboxylic acid groups (broad SMARTS) is 1. The molecule has 0 aromatic heterocycles. The third kappa shape index (κ3) is 4.24. The van der Waals surface area contributed by atoms with Crippen molar-refractivity contribution in [1.82, 2.24) is 0 Å². The fraction of sp³-hybridized carbons (Fsp3) is 0.200. The lowest BCUT2D eigenvalue weighted by Gasteiger charge is -2.15. The topological polar surface area (TPSA) is 124 Å². The van der Waals surface area contributed by atoms with Gasteiger partial charge in [0.15, 0.2) is 0 Å². The summed E-state index contributed by atoms with van der Waals surface area (Å²) in [7, 11) is 0. The molecule has 150 valence electrons. The van der Waals surface area contributed by atoms with Gasteiger partial charge in [0.05, 0.1) is 5.69 Å². The van der Waals surface area contributed by atoms with Crippen molar-refractivity contribution in [2.45, 2.75) is 25.5 Å². The van der Waals surface area contributed by atoms with Gasteiger partial charge in [-0.1, -0.05) is 6.07 Å². The first-order chi connectivity index (χ1) is 13.7. The second kappa shape index (κ2) is 7.96. The number of aryl methyl sites for hydroxylation is 2. The van der Waals surface area contributed by atoms with Crippen molar-refractivity contribution in [2.24, 2.45) is 0 Å². The number of carbonyl (C=O) groups is 4. The van der Waals surface area contributed by atoms with Crippen LogP contribution in [0.1, 0.15) is 27.9 Å². The zero-order valence-electron chi connectivity index (χ0n) is 15.6. The molecule has 29 heavy (non-hydrogen) atoms. The van der Waals surface area contributed by atoms with Gasteiger partial charge in [-0.15, -0.1) is 0 Å². The Bertz CT molecular complexity index is 1040. The van der Waals surface area contributed by atoms with Crippen molar-refractivity contribution in [1.29, 1.82) is 0 Å². The fourth-order valence-corrected chi connectivity index (χ4v) is 3.84. The third-order valence-corrected chi connectivity index (χ3v) is 5.59. The molecule has 1 fully saturated rings. The second-order valence-corrected chi connectivity index (χ2v) is 7.76. The van der Waals surface area contributed by atoms with Gasteiger partial charge in [0.25, 0.3) is 5.24 Å². The number of hydrogen-bond acceptors (Lipinski definition) is 6. The molecule has 1 aliphatic heterocycles. The molecule has 1 aliphatic rings. The molecule has 2 aromatic carbocycles. The van der Waals surface area contributed by atoms with Gasteiger partial charge in [-0.2, -0.15) is 0 Å². The lowest BCUT2D eigenvalue weighted by atomic mass is 10.1. The quantitative estimate of drug-likeness (QED) is 0.641. The summed E-state index contributed by atoms with van der Waals surface area (Å²) in [5, 5.41) is 19.7. The molecule has 0 aliphatic carbocycles. The molecule has 0 spiro atoms. The number of phenols is 1. The number of carboxylic acids is 1. The number of imide groups is 1. The molecular weight excluding hydrogens is 396 g/mol. The van der Waals surface area contributed by atoms with Gasteiger partial charge >= 0.3 is 5.97 Å². The van der Waals surface area contributed by atoms with Crippen molar-refractivity contribution in [3.63, 3.8) is 0 Å². The summed E-state index contributed by atoms with van der Waals surface area (Å²) < 4.78 is 0. The standard InChI is InChI=1S/C20H18N2O6S/c1-10-3-5-13(7-11(10)2)22-18(25)16(29-20(22)28)9-17(24)21-12-4-6-15(23)14(8-12)19(26)27/h3-8,16,23H,9H2,1-2H3,(H,21,24)(H,26,27).